The second kappa shape index (κ2) is 6.79. The van der Waals surface area contributed by atoms with Crippen LogP contribution in [0.4, 0.5) is 8.78 Å². The van der Waals surface area contributed by atoms with Gasteiger partial charge < -0.3 is 4.74 Å². The molecule has 2 unspecified atom stereocenters. The fourth-order valence-electron chi connectivity index (χ4n) is 2.64. The number of nitrogens with zero attached hydrogens (tertiary/aromatic N) is 1. The first-order valence-electron chi connectivity index (χ1n) is 6.83. The van der Waals surface area contributed by atoms with Gasteiger partial charge in [-0.2, -0.15) is 0 Å². The second-order valence-corrected chi connectivity index (χ2v) is 5.04. The summed E-state index contributed by atoms with van der Waals surface area (Å²) < 4.78 is 31.0. The summed E-state index contributed by atoms with van der Waals surface area (Å²) in [4.78, 5) is 13.7. The van der Waals surface area contributed by atoms with Crippen molar-refractivity contribution in [2.24, 2.45) is 11.8 Å². The van der Waals surface area contributed by atoms with Crippen molar-refractivity contribution in [2.75, 3.05) is 19.7 Å². The van der Waals surface area contributed by atoms with E-state index in [1.807, 2.05) is 35.2 Å². The monoisotopic (exact) mass is 283 g/mol. The van der Waals surface area contributed by atoms with E-state index in [0.29, 0.717) is 13.1 Å². The van der Waals surface area contributed by atoms with Gasteiger partial charge in [-0.3, -0.25) is 9.69 Å². The van der Waals surface area contributed by atoms with Crippen LogP contribution in [-0.2, 0) is 16.1 Å². The van der Waals surface area contributed by atoms with Gasteiger partial charge in [-0.05, 0) is 12.5 Å². The Bertz CT molecular complexity index is 439. The van der Waals surface area contributed by atoms with E-state index in [1.165, 1.54) is 0 Å². The van der Waals surface area contributed by atoms with Crippen LogP contribution in [0.15, 0.2) is 30.3 Å². The Labute approximate surface area is 117 Å². The van der Waals surface area contributed by atoms with Crippen LogP contribution < -0.4 is 0 Å². The molecule has 1 aliphatic rings. The van der Waals surface area contributed by atoms with E-state index in [4.69, 9.17) is 4.74 Å². The molecule has 110 valence electrons. The predicted molar refractivity (Wildman–Crippen MR) is 71.3 cm³/mol. The van der Waals surface area contributed by atoms with Gasteiger partial charge in [-0.15, -0.1) is 0 Å². The topological polar surface area (TPSA) is 29.5 Å². The summed E-state index contributed by atoms with van der Waals surface area (Å²) in [5.41, 5.74) is 1.06. The summed E-state index contributed by atoms with van der Waals surface area (Å²) in [6, 6.07) is 9.65. The molecule has 1 saturated heterocycles. The van der Waals surface area contributed by atoms with Crippen LogP contribution in [0.1, 0.15) is 12.5 Å². The Hall–Kier alpha value is -1.49. The summed E-state index contributed by atoms with van der Waals surface area (Å²) in [6.45, 7) is 3.06. The third kappa shape index (κ3) is 3.54. The third-order valence-electron chi connectivity index (χ3n) is 3.60. The summed E-state index contributed by atoms with van der Waals surface area (Å²) in [6.07, 6.45) is -2.50. The second-order valence-electron chi connectivity index (χ2n) is 5.04. The molecule has 20 heavy (non-hydrogen) atoms. The highest BCUT2D eigenvalue weighted by Gasteiger charge is 2.43. The number of alkyl halides is 2. The van der Waals surface area contributed by atoms with Crippen LogP contribution in [0.5, 0.6) is 0 Å². The number of benzene rings is 1. The van der Waals surface area contributed by atoms with Crippen molar-refractivity contribution < 1.29 is 18.3 Å². The number of carbonyl (C=O) groups excluding carboxylic acids is 1. The smallest absolute Gasteiger partial charge is 0.310 e. The minimum Gasteiger partial charge on any atom is -0.466 e. The van der Waals surface area contributed by atoms with Crippen molar-refractivity contribution in [2.45, 2.75) is 19.9 Å². The van der Waals surface area contributed by atoms with Gasteiger partial charge in [-0.1, -0.05) is 30.3 Å². The summed E-state index contributed by atoms with van der Waals surface area (Å²) in [7, 11) is 0. The zero-order valence-corrected chi connectivity index (χ0v) is 11.5. The molecule has 0 aromatic heterocycles. The van der Waals surface area contributed by atoms with Crippen molar-refractivity contribution in [3.05, 3.63) is 35.9 Å². The number of halogens is 2. The van der Waals surface area contributed by atoms with Gasteiger partial charge in [0.2, 0.25) is 6.43 Å². The molecule has 1 fully saturated rings. The SMILES string of the molecule is CCOC(=O)C1CN(Cc2ccccc2)CC1C(F)F. The molecule has 1 heterocycles. The maximum atomic E-state index is 13.1. The highest BCUT2D eigenvalue weighted by atomic mass is 19.3. The molecule has 2 atom stereocenters. The van der Waals surface area contributed by atoms with E-state index in [9.17, 15) is 13.6 Å². The van der Waals surface area contributed by atoms with Crippen molar-refractivity contribution in [3.63, 3.8) is 0 Å². The summed E-state index contributed by atoms with van der Waals surface area (Å²) in [5.74, 6) is -2.16. The van der Waals surface area contributed by atoms with Gasteiger partial charge in [0.1, 0.15) is 0 Å². The molecule has 0 aliphatic carbocycles. The molecule has 0 N–H and O–H groups in total. The lowest BCUT2D eigenvalue weighted by atomic mass is 9.97. The van der Waals surface area contributed by atoms with E-state index in [1.54, 1.807) is 6.92 Å². The zero-order valence-electron chi connectivity index (χ0n) is 11.5. The number of esters is 1. The van der Waals surface area contributed by atoms with Crippen molar-refractivity contribution in [3.8, 4) is 0 Å². The summed E-state index contributed by atoms with van der Waals surface area (Å²) in [5, 5.41) is 0. The highest BCUT2D eigenvalue weighted by molar-refractivity contribution is 5.73. The first-order chi connectivity index (χ1) is 9.61. The number of ether oxygens (including phenoxy) is 1. The maximum absolute atomic E-state index is 13.1. The molecule has 0 bridgehead atoms. The lowest BCUT2D eigenvalue weighted by molar-refractivity contribution is -0.150. The van der Waals surface area contributed by atoms with Gasteiger partial charge in [0.25, 0.3) is 0 Å². The van der Waals surface area contributed by atoms with E-state index < -0.39 is 24.2 Å². The molecule has 1 aromatic rings. The average Bonchev–Trinajstić information content (AvgIpc) is 2.84. The standard InChI is InChI=1S/C15H19F2NO2/c1-2-20-15(19)13-10-18(9-12(13)14(16)17)8-11-6-4-3-5-7-11/h3-7,12-14H,2,8-10H2,1H3. The minimum absolute atomic E-state index is 0.226. The predicted octanol–water partition coefficient (Wildman–Crippen LogP) is 2.56. The van der Waals surface area contributed by atoms with Crippen LogP contribution in [0.25, 0.3) is 0 Å². The zero-order chi connectivity index (χ0) is 14.5. The van der Waals surface area contributed by atoms with Gasteiger partial charge in [0.05, 0.1) is 12.5 Å². The molecule has 1 aromatic carbocycles. The van der Waals surface area contributed by atoms with E-state index in [0.717, 1.165) is 5.56 Å². The fraction of sp³-hybridized carbons (Fsp3) is 0.533. The van der Waals surface area contributed by atoms with E-state index >= 15 is 0 Å². The van der Waals surface area contributed by atoms with Crippen LogP contribution in [0, 0.1) is 11.8 Å². The fourth-order valence-corrected chi connectivity index (χ4v) is 2.64. The average molecular weight is 283 g/mol. The molecule has 0 saturated carbocycles. The molecule has 2 rings (SSSR count). The molecule has 0 spiro atoms. The van der Waals surface area contributed by atoms with Crippen molar-refractivity contribution >= 4 is 5.97 Å². The molecule has 3 nitrogen and oxygen atoms in total. The minimum atomic E-state index is -2.50. The van der Waals surface area contributed by atoms with Gasteiger partial charge in [0, 0.05) is 25.6 Å². The van der Waals surface area contributed by atoms with Crippen molar-refractivity contribution in [1.82, 2.24) is 4.90 Å². The Kier molecular flexibility index (Phi) is 5.06. The maximum Gasteiger partial charge on any atom is 0.310 e. The molecule has 1 aliphatic heterocycles. The van der Waals surface area contributed by atoms with Gasteiger partial charge in [-0.25, -0.2) is 8.78 Å². The molecular weight excluding hydrogens is 264 g/mol. The number of carbonyl (C=O) groups is 1. The molecule has 0 radical (unpaired) electrons. The number of hydrogen-bond acceptors (Lipinski definition) is 3. The van der Waals surface area contributed by atoms with E-state index in [-0.39, 0.29) is 13.2 Å². The van der Waals surface area contributed by atoms with Crippen LogP contribution in [0.2, 0.25) is 0 Å². The largest absolute Gasteiger partial charge is 0.466 e. The normalized spacial score (nSPS) is 23.2. The van der Waals surface area contributed by atoms with E-state index in [2.05, 4.69) is 0 Å². The van der Waals surface area contributed by atoms with Crippen LogP contribution in [-0.4, -0.2) is 37.0 Å². The summed E-state index contributed by atoms with van der Waals surface area (Å²) >= 11 is 0. The van der Waals surface area contributed by atoms with Crippen LogP contribution in [0.3, 0.4) is 0 Å². The first-order valence-corrected chi connectivity index (χ1v) is 6.83. The first kappa shape index (κ1) is 14.9. The molecule has 0 amide bonds. The highest BCUT2D eigenvalue weighted by Crippen LogP contribution is 2.30. The lowest BCUT2D eigenvalue weighted by Crippen LogP contribution is -2.29. The number of hydrogen-bond donors (Lipinski definition) is 0. The third-order valence-corrected chi connectivity index (χ3v) is 3.60. The number of likely N-dealkylation sites (tertiary alicyclic amines) is 1. The van der Waals surface area contributed by atoms with Crippen molar-refractivity contribution in [1.29, 1.82) is 0 Å². The Morgan fingerprint density at radius 1 is 1.35 bits per heavy atom. The Balaban J connectivity index is 2.02. The van der Waals surface area contributed by atoms with Gasteiger partial charge >= 0.3 is 5.97 Å². The van der Waals surface area contributed by atoms with Gasteiger partial charge in [0.15, 0.2) is 0 Å². The Morgan fingerprint density at radius 2 is 2.05 bits per heavy atom. The van der Waals surface area contributed by atoms with Crippen LogP contribution >= 0.6 is 0 Å². The lowest BCUT2D eigenvalue weighted by Gasteiger charge is -2.15. The number of rotatable bonds is 5. The molecule has 5 heteroatoms. The quantitative estimate of drug-likeness (QED) is 0.778. The Morgan fingerprint density at radius 3 is 2.65 bits per heavy atom. The molecular formula is C15H19F2NO2.